The van der Waals surface area contributed by atoms with Crippen LogP contribution in [-0.2, 0) is 24.0 Å². The highest BCUT2D eigenvalue weighted by molar-refractivity contribution is 6.15. The van der Waals surface area contributed by atoms with Crippen LogP contribution < -0.4 is 24.7 Å². The molecule has 0 aliphatic rings. The van der Waals surface area contributed by atoms with Gasteiger partial charge in [0, 0.05) is 27.7 Å². The van der Waals surface area contributed by atoms with Crippen molar-refractivity contribution in [1.29, 1.82) is 0 Å². The number of amides is 2. The Bertz CT molecular complexity index is 1290. The number of aliphatic carboxylic acids is 1. The molecule has 14 heteroatoms. The van der Waals surface area contributed by atoms with Crippen LogP contribution in [0.15, 0.2) is 36.4 Å². The number of rotatable bonds is 11. The van der Waals surface area contributed by atoms with Gasteiger partial charge in [-0.2, -0.15) is 0 Å². The molecule has 0 aliphatic heterocycles. The molecule has 0 bridgehead atoms. The number of para-hydroxylation sites is 2. The van der Waals surface area contributed by atoms with E-state index in [4.69, 9.17) is 24.7 Å². The SMILES string of the molecule is CC(=O)Oc1cccc(C(=O)N(C(=O)c2cccc(OC(C)=O)c2OC(C)=O)[C@H](CCCN)C(=O)O)c1OC(C)=O. The van der Waals surface area contributed by atoms with Gasteiger partial charge in [-0.25, -0.2) is 4.79 Å². The second-order valence-electron chi connectivity index (χ2n) is 8.41. The third-order valence-electron chi connectivity index (χ3n) is 5.13. The van der Waals surface area contributed by atoms with E-state index in [9.17, 15) is 38.7 Å². The highest BCUT2D eigenvalue weighted by atomic mass is 16.6. The molecule has 0 heterocycles. The normalized spacial score (nSPS) is 11.0. The van der Waals surface area contributed by atoms with E-state index in [1.165, 1.54) is 24.3 Å². The predicted octanol–water partition coefficient (Wildman–Crippen LogP) is 1.86. The number of nitrogens with two attached hydrogens (primary N) is 1. The number of ether oxygens (including phenoxy) is 4. The zero-order valence-corrected chi connectivity index (χ0v) is 22.6. The number of esters is 4. The summed E-state index contributed by atoms with van der Waals surface area (Å²) in [5, 5.41) is 10.0. The lowest BCUT2D eigenvalue weighted by atomic mass is 10.0. The van der Waals surface area contributed by atoms with Crippen molar-refractivity contribution in [1.82, 2.24) is 4.90 Å². The van der Waals surface area contributed by atoms with Crippen molar-refractivity contribution >= 4 is 41.7 Å². The van der Waals surface area contributed by atoms with E-state index in [0.29, 0.717) is 4.90 Å². The lowest BCUT2D eigenvalue weighted by Crippen LogP contribution is -2.49. The van der Waals surface area contributed by atoms with E-state index in [0.717, 1.165) is 39.8 Å². The summed E-state index contributed by atoms with van der Waals surface area (Å²) in [6, 6.07) is 5.37. The predicted molar refractivity (Wildman–Crippen MR) is 138 cm³/mol. The first kappa shape index (κ1) is 32.1. The van der Waals surface area contributed by atoms with Crippen LogP contribution in [0.2, 0.25) is 0 Å². The quantitative estimate of drug-likeness (QED) is 0.224. The molecule has 41 heavy (non-hydrogen) atoms. The first-order valence-corrected chi connectivity index (χ1v) is 12.1. The van der Waals surface area contributed by atoms with Crippen LogP contribution in [0, 0.1) is 0 Å². The molecule has 0 aliphatic carbocycles. The molecule has 0 aromatic heterocycles. The van der Waals surface area contributed by atoms with Crippen molar-refractivity contribution in [3.05, 3.63) is 47.5 Å². The molecule has 2 aromatic rings. The number of nitrogens with zero attached hydrogens (tertiary/aromatic N) is 1. The maximum Gasteiger partial charge on any atom is 0.326 e. The lowest BCUT2D eigenvalue weighted by molar-refractivity contribution is -0.142. The van der Waals surface area contributed by atoms with Crippen LogP contribution in [0.1, 0.15) is 61.3 Å². The van der Waals surface area contributed by atoms with Crippen LogP contribution >= 0.6 is 0 Å². The molecule has 3 N–H and O–H groups in total. The highest BCUT2D eigenvalue weighted by Crippen LogP contribution is 2.36. The third-order valence-corrected chi connectivity index (χ3v) is 5.13. The number of hydrogen-bond acceptors (Lipinski definition) is 12. The molecule has 0 saturated carbocycles. The number of hydrogen-bond donors (Lipinski definition) is 2. The number of benzene rings is 2. The van der Waals surface area contributed by atoms with E-state index in [-0.39, 0.29) is 30.9 Å². The molecule has 0 unspecified atom stereocenters. The lowest BCUT2D eigenvalue weighted by Gasteiger charge is -2.29. The molecule has 1 atom stereocenters. The summed E-state index contributed by atoms with van der Waals surface area (Å²) in [6.45, 7) is 4.15. The van der Waals surface area contributed by atoms with Gasteiger partial charge in [-0.1, -0.05) is 12.1 Å². The Morgan fingerprint density at radius 2 is 1.10 bits per heavy atom. The molecule has 2 amide bonds. The van der Waals surface area contributed by atoms with Crippen molar-refractivity contribution in [2.45, 2.75) is 46.6 Å². The number of carboxylic acid groups (broad SMARTS) is 1. The second kappa shape index (κ2) is 14.3. The Hall–Kier alpha value is -5.11. The van der Waals surface area contributed by atoms with Crippen molar-refractivity contribution < 1.29 is 57.6 Å². The molecule has 2 aromatic carbocycles. The number of imide groups is 1. The first-order chi connectivity index (χ1) is 19.3. The van der Waals surface area contributed by atoms with Gasteiger partial charge in [-0.3, -0.25) is 33.7 Å². The third kappa shape index (κ3) is 8.44. The fraction of sp³-hybridized carbons (Fsp3) is 0.296. The minimum Gasteiger partial charge on any atom is -0.480 e. The average Bonchev–Trinajstić information content (AvgIpc) is 2.86. The van der Waals surface area contributed by atoms with Gasteiger partial charge >= 0.3 is 29.8 Å². The number of carbonyl (C=O) groups excluding carboxylic acids is 6. The zero-order chi connectivity index (χ0) is 30.9. The highest BCUT2D eigenvalue weighted by Gasteiger charge is 2.39. The fourth-order valence-corrected chi connectivity index (χ4v) is 3.65. The molecule has 0 fully saturated rings. The van der Waals surface area contributed by atoms with Crippen LogP contribution in [0.5, 0.6) is 23.0 Å². The minimum absolute atomic E-state index is 0.0151. The monoisotopic (exact) mass is 572 g/mol. The average molecular weight is 573 g/mol. The van der Waals surface area contributed by atoms with E-state index < -0.39 is 70.3 Å². The van der Waals surface area contributed by atoms with E-state index in [1.54, 1.807) is 0 Å². The first-order valence-electron chi connectivity index (χ1n) is 12.1. The summed E-state index contributed by atoms with van der Waals surface area (Å²) in [5.74, 6) is -9.39. The Morgan fingerprint density at radius 3 is 1.41 bits per heavy atom. The van der Waals surface area contributed by atoms with Gasteiger partial charge in [-0.05, 0) is 43.7 Å². The van der Waals surface area contributed by atoms with Gasteiger partial charge in [0.15, 0.2) is 23.0 Å². The van der Waals surface area contributed by atoms with Gasteiger partial charge in [0.1, 0.15) is 6.04 Å². The Kier molecular flexibility index (Phi) is 11.2. The van der Waals surface area contributed by atoms with Crippen molar-refractivity contribution in [2.24, 2.45) is 5.73 Å². The van der Waals surface area contributed by atoms with Gasteiger partial charge in [-0.15, -0.1) is 0 Å². The van der Waals surface area contributed by atoms with Crippen molar-refractivity contribution in [3.63, 3.8) is 0 Å². The molecule has 2 rings (SSSR count). The molecule has 0 radical (unpaired) electrons. The van der Waals surface area contributed by atoms with E-state index >= 15 is 0 Å². The number of carboxylic acids is 1. The molecular formula is C27H28N2O12. The zero-order valence-electron chi connectivity index (χ0n) is 22.6. The standard InChI is InChI=1S/C27H28N2O12/c1-14(30)38-21-11-5-8-18(23(21)40-16(3)32)25(34)29(20(27(36)37)10-7-13-28)26(35)19-9-6-12-22(39-15(2)31)24(19)41-17(4)33/h5-6,8-9,11-12,20H,7,10,13,28H2,1-4H3,(H,36,37)/t20-/m1/s1. The minimum atomic E-state index is -1.82. The summed E-state index contributed by atoms with van der Waals surface area (Å²) in [6.07, 6.45) is -0.217. The van der Waals surface area contributed by atoms with Gasteiger partial charge in [0.05, 0.1) is 11.1 Å². The van der Waals surface area contributed by atoms with Crippen LogP contribution in [0.3, 0.4) is 0 Å². The van der Waals surface area contributed by atoms with Gasteiger partial charge < -0.3 is 29.8 Å². The van der Waals surface area contributed by atoms with Crippen LogP contribution in [0.4, 0.5) is 0 Å². The maximum absolute atomic E-state index is 14.0. The Labute approximate surface area is 233 Å². The van der Waals surface area contributed by atoms with E-state index in [2.05, 4.69) is 0 Å². The van der Waals surface area contributed by atoms with Gasteiger partial charge in [0.25, 0.3) is 11.8 Å². The summed E-state index contributed by atoms with van der Waals surface area (Å²) in [7, 11) is 0. The summed E-state index contributed by atoms with van der Waals surface area (Å²) < 4.78 is 20.3. The van der Waals surface area contributed by atoms with Crippen LogP contribution in [0.25, 0.3) is 0 Å². The largest absolute Gasteiger partial charge is 0.480 e. The van der Waals surface area contributed by atoms with E-state index in [1.807, 2.05) is 0 Å². The molecule has 0 spiro atoms. The van der Waals surface area contributed by atoms with Crippen molar-refractivity contribution in [3.8, 4) is 23.0 Å². The van der Waals surface area contributed by atoms with Gasteiger partial charge in [0.2, 0.25) is 0 Å². The summed E-state index contributed by atoms with van der Waals surface area (Å²) in [5.41, 5.74) is 4.54. The Balaban J connectivity index is 2.86. The van der Waals surface area contributed by atoms with Crippen LogP contribution in [-0.4, -0.2) is 64.3 Å². The molecule has 218 valence electrons. The summed E-state index contributed by atoms with van der Waals surface area (Å²) >= 11 is 0. The Morgan fingerprint density at radius 1 is 0.707 bits per heavy atom. The number of carbonyl (C=O) groups is 7. The molecule has 0 saturated heterocycles. The smallest absolute Gasteiger partial charge is 0.326 e. The summed E-state index contributed by atoms with van der Waals surface area (Å²) in [4.78, 5) is 87.7. The second-order valence-corrected chi connectivity index (χ2v) is 8.41. The van der Waals surface area contributed by atoms with Crippen molar-refractivity contribution in [2.75, 3.05) is 6.54 Å². The molecule has 14 nitrogen and oxygen atoms in total. The fourth-order valence-electron chi connectivity index (χ4n) is 3.65. The molecular weight excluding hydrogens is 544 g/mol. The topological polar surface area (TPSA) is 206 Å². The maximum atomic E-state index is 14.0.